The monoisotopic (exact) mass is 476 g/mol. The summed E-state index contributed by atoms with van der Waals surface area (Å²) in [6.45, 7) is 8.86. The minimum Gasteiger partial charge on any atom is -0.494 e. The molecule has 8 heteroatoms. The summed E-state index contributed by atoms with van der Waals surface area (Å²) in [5, 5.41) is 9.22. The SMILES string of the molecule is Cc1ccn(CCCOc2ccc(CN3CCC(Nc4ncnc5sc(C)cc45)CC3)cc2)n1. The summed E-state index contributed by atoms with van der Waals surface area (Å²) in [7, 11) is 0. The van der Waals surface area contributed by atoms with E-state index in [0.717, 1.165) is 72.9 Å². The average molecular weight is 477 g/mol. The fourth-order valence-electron chi connectivity index (χ4n) is 4.47. The molecule has 0 atom stereocenters. The largest absolute Gasteiger partial charge is 0.494 e. The number of likely N-dealkylation sites (tertiary alicyclic amines) is 1. The van der Waals surface area contributed by atoms with Crippen molar-refractivity contribution in [2.45, 2.75) is 52.2 Å². The van der Waals surface area contributed by atoms with Crippen molar-refractivity contribution in [1.82, 2.24) is 24.6 Å². The predicted molar refractivity (Wildman–Crippen MR) is 138 cm³/mol. The van der Waals surface area contributed by atoms with Crippen LogP contribution in [0.15, 0.2) is 48.9 Å². The third kappa shape index (κ3) is 5.74. The first-order valence-corrected chi connectivity index (χ1v) is 12.9. The first-order valence-electron chi connectivity index (χ1n) is 12.0. The Balaban J connectivity index is 1.05. The standard InChI is InChI=1S/C26H32N6OS/c1-19-8-14-32(30-19)11-3-15-33-23-6-4-21(5-7-23)17-31-12-9-22(10-13-31)29-25-24-16-20(2)34-26(24)28-18-27-25/h4-8,14,16,18,22H,3,9-13,15,17H2,1-2H3,(H,27,28,29). The van der Waals surface area contributed by atoms with Gasteiger partial charge in [-0.05, 0) is 56.5 Å². The number of benzene rings is 1. The van der Waals surface area contributed by atoms with Crippen LogP contribution in [0.25, 0.3) is 10.2 Å². The molecule has 4 heterocycles. The molecular formula is C26H32N6OS. The van der Waals surface area contributed by atoms with Gasteiger partial charge in [0.15, 0.2) is 0 Å². The first-order chi connectivity index (χ1) is 16.6. The van der Waals surface area contributed by atoms with Crippen LogP contribution in [0.2, 0.25) is 0 Å². The van der Waals surface area contributed by atoms with Gasteiger partial charge in [-0.2, -0.15) is 5.10 Å². The van der Waals surface area contributed by atoms with Crippen LogP contribution in [0.1, 0.15) is 35.4 Å². The van der Waals surface area contributed by atoms with Gasteiger partial charge in [-0.3, -0.25) is 9.58 Å². The van der Waals surface area contributed by atoms with Gasteiger partial charge < -0.3 is 10.1 Å². The number of aryl methyl sites for hydroxylation is 3. The van der Waals surface area contributed by atoms with Gasteiger partial charge in [0, 0.05) is 49.7 Å². The van der Waals surface area contributed by atoms with Gasteiger partial charge in [-0.1, -0.05) is 12.1 Å². The highest BCUT2D eigenvalue weighted by molar-refractivity contribution is 7.18. The van der Waals surface area contributed by atoms with Crippen LogP contribution in [-0.4, -0.2) is 50.4 Å². The van der Waals surface area contributed by atoms with E-state index in [9.17, 15) is 0 Å². The number of rotatable bonds is 9. The quantitative estimate of drug-likeness (QED) is 0.341. The van der Waals surface area contributed by atoms with Crippen molar-refractivity contribution in [2.75, 3.05) is 25.0 Å². The second kappa shape index (κ2) is 10.5. The Hall–Kier alpha value is -2.97. The third-order valence-electron chi connectivity index (χ3n) is 6.28. The summed E-state index contributed by atoms with van der Waals surface area (Å²) < 4.78 is 7.88. The van der Waals surface area contributed by atoms with Crippen LogP contribution in [0.3, 0.4) is 0 Å². The van der Waals surface area contributed by atoms with Gasteiger partial charge in [0.2, 0.25) is 0 Å². The molecule has 0 spiro atoms. The van der Waals surface area contributed by atoms with E-state index >= 15 is 0 Å². The molecule has 0 saturated carbocycles. The minimum absolute atomic E-state index is 0.455. The summed E-state index contributed by atoms with van der Waals surface area (Å²) in [6.07, 6.45) is 6.86. The van der Waals surface area contributed by atoms with E-state index in [0.29, 0.717) is 12.6 Å². The predicted octanol–water partition coefficient (Wildman–Crippen LogP) is 5.05. The lowest BCUT2D eigenvalue weighted by Gasteiger charge is -2.32. The zero-order valence-corrected chi connectivity index (χ0v) is 20.7. The molecule has 178 valence electrons. The second-order valence-electron chi connectivity index (χ2n) is 9.06. The van der Waals surface area contributed by atoms with Gasteiger partial charge in [0.25, 0.3) is 0 Å². The number of nitrogens with zero attached hydrogens (tertiary/aromatic N) is 5. The summed E-state index contributed by atoms with van der Waals surface area (Å²) in [6, 6.07) is 13.2. The van der Waals surface area contributed by atoms with Crippen molar-refractivity contribution < 1.29 is 4.74 Å². The molecule has 1 fully saturated rings. The molecule has 0 bridgehead atoms. The Morgan fingerprint density at radius 1 is 1.09 bits per heavy atom. The molecule has 4 aromatic rings. The molecule has 3 aromatic heterocycles. The van der Waals surface area contributed by atoms with E-state index in [4.69, 9.17) is 4.74 Å². The maximum absolute atomic E-state index is 5.91. The maximum Gasteiger partial charge on any atom is 0.138 e. The molecule has 1 aromatic carbocycles. The number of hydrogen-bond acceptors (Lipinski definition) is 7. The molecule has 5 rings (SSSR count). The Kier molecular flexibility index (Phi) is 7.06. The Labute approximate surface area is 204 Å². The topological polar surface area (TPSA) is 68.1 Å². The molecule has 0 radical (unpaired) electrons. The van der Waals surface area contributed by atoms with E-state index in [1.807, 2.05) is 23.9 Å². The summed E-state index contributed by atoms with van der Waals surface area (Å²) in [5.74, 6) is 1.91. The Bertz CT molecular complexity index is 1210. The normalized spacial score (nSPS) is 15.1. The van der Waals surface area contributed by atoms with E-state index < -0.39 is 0 Å². The number of ether oxygens (including phenoxy) is 1. The highest BCUT2D eigenvalue weighted by atomic mass is 32.1. The van der Waals surface area contributed by atoms with E-state index in [2.05, 4.69) is 62.5 Å². The smallest absolute Gasteiger partial charge is 0.138 e. The number of piperidine rings is 1. The van der Waals surface area contributed by atoms with Crippen molar-refractivity contribution >= 4 is 27.4 Å². The number of anilines is 1. The van der Waals surface area contributed by atoms with Crippen molar-refractivity contribution in [3.05, 3.63) is 65.1 Å². The van der Waals surface area contributed by atoms with E-state index in [1.165, 1.54) is 10.4 Å². The van der Waals surface area contributed by atoms with Crippen LogP contribution < -0.4 is 10.1 Å². The Morgan fingerprint density at radius 2 is 1.91 bits per heavy atom. The van der Waals surface area contributed by atoms with Gasteiger partial charge in [-0.15, -0.1) is 11.3 Å². The summed E-state index contributed by atoms with van der Waals surface area (Å²) in [4.78, 5) is 13.8. The van der Waals surface area contributed by atoms with Crippen molar-refractivity contribution in [3.63, 3.8) is 0 Å². The highest BCUT2D eigenvalue weighted by Crippen LogP contribution is 2.29. The van der Waals surface area contributed by atoms with Gasteiger partial charge in [0.1, 0.15) is 22.7 Å². The number of nitrogens with one attached hydrogen (secondary N) is 1. The summed E-state index contributed by atoms with van der Waals surface area (Å²) >= 11 is 1.72. The number of fused-ring (bicyclic) bond motifs is 1. The molecule has 34 heavy (non-hydrogen) atoms. The zero-order valence-electron chi connectivity index (χ0n) is 19.9. The van der Waals surface area contributed by atoms with Crippen LogP contribution in [0.5, 0.6) is 5.75 Å². The van der Waals surface area contributed by atoms with Crippen LogP contribution in [-0.2, 0) is 13.1 Å². The van der Waals surface area contributed by atoms with Crippen molar-refractivity contribution in [1.29, 1.82) is 0 Å². The van der Waals surface area contributed by atoms with Crippen molar-refractivity contribution in [3.8, 4) is 5.75 Å². The molecule has 7 nitrogen and oxygen atoms in total. The van der Waals surface area contributed by atoms with Crippen LogP contribution >= 0.6 is 11.3 Å². The van der Waals surface area contributed by atoms with Gasteiger partial charge in [-0.25, -0.2) is 9.97 Å². The lowest BCUT2D eigenvalue weighted by Crippen LogP contribution is -2.38. The van der Waals surface area contributed by atoms with Gasteiger partial charge in [0.05, 0.1) is 17.7 Å². The fraction of sp³-hybridized carbons (Fsp3) is 0.423. The van der Waals surface area contributed by atoms with E-state index in [1.54, 1.807) is 17.7 Å². The molecule has 1 aliphatic rings. The summed E-state index contributed by atoms with van der Waals surface area (Å²) in [5.41, 5.74) is 2.38. The lowest BCUT2D eigenvalue weighted by atomic mass is 10.0. The minimum atomic E-state index is 0.455. The molecule has 1 saturated heterocycles. The Morgan fingerprint density at radius 3 is 2.68 bits per heavy atom. The first kappa shape index (κ1) is 22.8. The van der Waals surface area contributed by atoms with Crippen LogP contribution in [0, 0.1) is 13.8 Å². The molecular weight excluding hydrogens is 444 g/mol. The number of aromatic nitrogens is 4. The third-order valence-corrected chi connectivity index (χ3v) is 7.24. The second-order valence-corrected chi connectivity index (χ2v) is 10.3. The molecule has 1 aliphatic heterocycles. The number of hydrogen-bond donors (Lipinski definition) is 1. The molecule has 0 amide bonds. The molecule has 0 aliphatic carbocycles. The highest BCUT2D eigenvalue weighted by Gasteiger charge is 2.20. The molecule has 1 N–H and O–H groups in total. The van der Waals surface area contributed by atoms with E-state index in [-0.39, 0.29) is 0 Å². The number of thiophene rings is 1. The van der Waals surface area contributed by atoms with Crippen LogP contribution in [0.4, 0.5) is 5.82 Å². The fourth-order valence-corrected chi connectivity index (χ4v) is 5.32. The average Bonchev–Trinajstić information content (AvgIpc) is 3.44. The lowest BCUT2D eigenvalue weighted by molar-refractivity contribution is 0.211. The van der Waals surface area contributed by atoms with Crippen molar-refractivity contribution in [2.24, 2.45) is 0 Å². The zero-order chi connectivity index (χ0) is 23.3. The maximum atomic E-state index is 5.91. The van der Waals surface area contributed by atoms with Gasteiger partial charge >= 0.3 is 0 Å². The molecule has 0 unspecified atom stereocenters.